The largest absolute Gasteiger partial charge is 0.493 e. The van der Waals surface area contributed by atoms with Crippen molar-refractivity contribution in [2.24, 2.45) is 0 Å². The fourth-order valence-electron chi connectivity index (χ4n) is 2.62. The van der Waals surface area contributed by atoms with E-state index in [0.717, 1.165) is 34.1 Å². The summed E-state index contributed by atoms with van der Waals surface area (Å²) < 4.78 is 7.44. The number of nitro groups is 1. The number of pyridine rings is 1. The molecule has 0 spiro atoms. The van der Waals surface area contributed by atoms with E-state index in [-0.39, 0.29) is 5.95 Å². The van der Waals surface area contributed by atoms with Crippen LogP contribution in [0.5, 0.6) is 5.75 Å². The molecular weight excluding hydrogens is 364 g/mol. The van der Waals surface area contributed by atoms with E-state index < -0.39 is 4.92 Å². The molecule has 0 aliphatic rings. The SMILES string of the molecule is Cc1c(Cn2ccnc2[N+](=O)[O-])cccc1OCCCSc1ccccn1. The van der Waals surface area contributed by atoms with Crippen molar-refractivity contribution in [3.05, 3.63) is 76.2 Å². The van der Waals surface area contributed by atoms with Gasteiger partial charge in [-0.1, -0.05) is 23.2 Å². The summed E-state index contributed by atoms with van der Waals surface area (Å²) >= 11 is 1.70. The van der Waals surface area contributed by atoms with E-state index in [1.165, 1.54) is 10.8 Å². The molecule has 0 radical (unpaired) electrons. The number of aromatic nitrogens is 3. The number of imidazole rings is 1. The van der Waals surface area contributed by atoms with Gasteiger partial charge in [0.2, 0.25) is 0 Å². The van der Waals surface area contributed by atoms with E-state index in [0.29, 0.717) is 13.2 Å². The van der Waals surface area contributed by atoms with E-state index in [1.807, 2.05) is 43.3 Å². The van der Waals surface area contributed by atoms with Crippen molar-refractivity contribution in [1.29, 1.82) is 0 Å². The van der Waals surface area contributed by atoms with Gasteiger partial charge in [0.15, 0.2) is 0 Å². The van der Waals surface area contributed by atoms with Crippen LogP contribution in [0.3, 0.4) is 0 Å². The Bertz CT molecular complexity index is 899. The van der Waals surface area contributed by atoms with Gasteiger partial charge in [-0.05, 0) is 47.6 Å². The predicted octanol–water partition coefficient (Wildman–Crippen LogP) is 4.10. The molecule has 0 bridgehead atoms. The first-order valence-electron chi connectivity index (χ1n) is 8.56. The maximum absolute atomic E-state index is 11.0. The predicted molar refractivity (Wildman–Crippen MR) is 104 cm³/mol. The zero-order chi connectivity index (χ0) is 19.1. The maximum Gasteiger partial charge on any atom is 0.434 e. The van der Waals surface area contributed by atoms with Crippen molar-refractivity contribution >= 4 is 17.7 Å². The summed E-state index contributed by atoms with van der Waals surface area (Å²) in [6.45, 7) is 2.96. The average Bonchev–Trinajstić information content (AvgIpc) is 3.14. The normalized spacial score (nSPS) is 10.7. The Balaban J connectivity index is 1.55. The van der Waals surface area contributed by atoms with Crippen LogP contribution in [-0.4, -0.2) is 31.8 Å². The van der Waals surface area contributed by atoms with Gasteiger partial charge in [-0.2, -0.15) is 0 Å². The number of rotatable bonds is 9. The first-order valence-corrected chi connectivity index (χ1v) is 9.54. The molecule has 3 rings (SSSR count). The Morgan fingerprint density at radius 2 is 2.07 bits per heavy atom. The van der Waals surface area contributed by atoms with Crippen LogP contribution in [0, 0.1) is 17.0 Å². The summed E-state index contributed by atoms with van der Waals surface area (Å²) in [5.41, 5.74) is 1.95. The molecule has 0 saturated carbocycles. The summed E-state index contributed by atoms with van der Waals surface area (Å²) in [5, 5.41) is 12.0. The maximum atomic E-state index is 11.0. The summed E-state index contributed by atoms with van der Waals surface area (Å²) in [6, 6.07) is 11.7. The minimum absolute atomic E-state index is 0.160. The molecule has 0 N–H and O–H groups in total. The zero-order valence-electron chi connectivity index (χ0n) is 14.9. The van der Waals surface area contributed by atoms with Crippen LogP contribution in [0.25, 0.3) is 0 Å². The highest BCUT2D eigenvalue weighted by atomic mass is 32.2. The van der Waals surface area contributed by atoms with Crippen molar-refractivity contribution in [3.63, 3.8) is 0 Å². The van der Waals surface area contributed by atoms with Gasteiger partial charge in [0.25, 0.3) is 0 Å². The molecule has 0 unspecified atom stereocenters. The van der Waals surface area contributed by atoms with Gasteiger partial charge in [-0.3, -0.25) is 0 Å². The first-order chi connectivity index (χ1) is 13.1. The van der Waals surface area contributed by atoms with Gasteiger partial charge >= 0.3 is 5.95 Å². The molecule has 0 fully saturated rings. The Morgan fingerprint density at radius 1 is 1.19 bits per heavy atom. The van der Waals surface area contributed by atoms with Gasteiger partial charge < -0.3 is 14.9 Å². The molecule has 7 nitrogen and oxygen atoms in total. The third kappa shape index (κ3) is 5.07. The van der Waals surface area contributed by atoms with Crippen LogP contribution < -0.4 is 4.74 Å². The van der Waals surface area contributed by atoms with Gasteiger partial charge in [0.1, 0.15) is 18.1 Å². The molecule has 2 heterocycles. The van der Waals surface area contributed by atoms with Crippen molar-refractivity contribution < 1.29 is 9.66 Å². The highest BCUT2D eigenvalue weighted by molar-refractivity contribution is 7.99. The molecule has 140 valence electrons. The molecule has 0 amide bonds. The lowest BCUT2D eigenvalue weighted by molar-refractivity contribution is -0.396. The van der Waals surface area contributed by atoms with E-state index in [1.54, 1.807) is 24.2 Å². The molecule has 0 aliphatic heterocycles. The number of ether oxygens (including phenoxy) is 1. The molecule has 2 aromatic heterocycles. The highest BCUT2D eigenvalue weighted by Crippen LogP contribution is 2.24. The molecule has 1 aromatic carbocycles. The van der Waals surface area contributed by atoms with E-state index in [4.69, 9.17) is 4.74 Å². The van der Waals surface area contributed by atoms with E-state index in [9.17, 15) is 10.1 Å². The van der Waals surface area contributed by atoms with Crippen LogP contribution in [0.1, 0.15) is 17.5 Å². The monoisotopic (exact) mass is 384 g/mol. The number of hydrogen-bond donors (Lipinski definition) is 0. The Kier molecular flexibility index (Phi) is 6.43. The van der Waals surface area contributed by atoms with Gasteiger partial charge in [0.05, 0.1) is 18.2 Å². The van der Waals surface area contributed by atoms with Gasteiger partial charge in [-0.15, -0.1) is 11.8 Å². The number of thioether (sulfide) groups is 1. The Hall–Kier alpha value is -2.87. The second-order valence-corrected chi connectivity index (χ2v) is 6.99. The summed E-state index contributed by atoms with van der Waals surface area (Å²) in [5.74, 6) is 1.57. The Labute approximate surface area is 161 Å². The molecule has 0 saturated heterocycles. The number of nitrogens with zero attached hydrogens (tertiary/aromatic N) is 4. The molecule has 0 atom stereocenters. The topological polar surface area (TPSA) is 83.1 Å². The van der Waals surface area contributed by atoms with Crippen molar-refractivity contribution in [1.82, 2.24) is 14.5 Å². The highest BCUT2D eigenvalue weighted by Gasteiger charge is 2.16. The molecule has 0 aliphatic carbocycles. The third-order valence-corrected chi connectivity index (χ3v) is 5.06. The number of benzene rings is 1. The summed E-state index contributed by atoms with van der Waals surface area (Å²) in [7, 11) is 0. The standard InChI is InChI=1S/C19H20N4O3S/c1-15-16(14-22-11-10-21-19(22)23(24)25)6-4-7-17(15)26-12-5-13-27-18-8-2-3-9-20-18/h2-4,6-11H,5,12-14H2,1H3. The fraction of sp³-hybridized carbons (Fsp3) is 0.263. The van der Waals surface area contributed by atoms with Crippen LogP contribution in [-0.2, 0) is 6.54 Å². The molecule has 3 aromatic rings. The minimum atomic E-state index is -0.477. The second kappa shape index (κ2) is 9.18. The van der Waals surface area contributed by atoms with Crippen LogP contribution in [0.4, 0.5) is 5.95 Å². The average molecular weight is 384 g/mol. The fourth-order valence-corrected chi connectivity index (χ4v) is 3.40. The number of hydrogen-bond acceptors (Lipinski definition) is 6. The van der Waals surface area contributed by atoms with Crippen LogP contribution in [0.15, 0.2) is 60.0 Å². The van der Waals surface area contributed by atoms with E-state index in [2.05, 4.69) is 9.97 Å². The molecule has 8 heteroatoms. The molecular formula is C19H20N4O3S. The van der Waals surface area contributed by atoms with Crippen molar-refractivity contribution in [3.8, 4) is 5.75 Å². The zero-order valence-corrected chi connectivity index (χ0v) is 15.8. The lowest BCUT2D eigenvalue weighted by Crippen LogP contribution is -2.07. The quantitative estimate of drug-likeness (QED) is 0.239. The lowest BCUT2D eigenvalue weighted by atomic mass is 10.1. The summed E-state index contributed by atoms with van der Waals surface area (Å²) in [4.78, 5) is 18.6. The van der Waals surface area contributed by atoms with Crippen LogP contribution in [0.2, 0.25) is 0 Å². The Morgan fingerprint density at radius 3 is 2.85 bits per heavy atom. The van der Waals surface area contributed by atoms with Crippen molar-refractivity contribution in [2.75, 3.05) is 12.4 Å². The third-order valence-electron chi connectivity index (χ3n) is 4.03. The van der Waals surface area contributed by atoms with Crippen LogP contribution >= 0.6 is 11.8 Å². The van der Waals surface area contributed by atoms with E-state index >= 15 is 0 Å². The van der Waals surface area contributed by atoms with Gasteiger partial charge in [-0.25, -0.2) is 9.55 Å². The lowest BCUT2D eigenvalue weighted by Gasteiger charge is -2.12. The van der Waals surface area contributed by atoms with Crippen molar-refractivity contribution in [2.45, 2.75) is 24.9 Å². The molecule has 27 heavy (non-hydrogen) atoms. The summed E-state index contributed by atoms with van der Waals surface area (Å²) in [6.07, 6.45) is 5.74. The van der Waals surface area contributed by atoms with Gasteiger partial charge in [0, 0.05) is 11.9 Å². The second-order valence-electron chi connectivity index (χ2n) is 5.87. The first kappa shape index (κ1) is 18.9. The minimum Gasteiger partial charge on any atom is -0.493 e. The smallest absolute Gasteiger partial charge is 0.434 e.